The van der Waals surface area contributed by atoms with Crippen LogP contribution in [-0.2, 0) is 6.42 Å². The van der Waals surface area contributed by atoms with E-state index in [0.717, 1.165) is 37.0 Å². The first kappa shape index (κ1) is 17.9. The molecule has 1 atom stereocenters. The third-order valence-corrected chi connectivity index (χ3v) is 6.17. The lowest BCUT2D eigenvalue weighted by Gasteiger charge is -2.13. The number of fused-ring (bicyclic) bond motifs is 3. The van der Waals surface area contributed by atoms with E-state index in [0.29, 0.717) is 18.9 Å². The number of benzene rings is 2. The quantitative estimate of drug-likeness (QED) is 0.480. The lowest BCUT2D eigenvalue weighted by atomic mass is 9.94. The topological polar surface area (TPSA) is 79.4 Å². The van der Waals surface area contributed by atoms with Gasteiger partial charge in [0.25, 0.3) is 0 Å². The number of nitrogens with zero attached hydrogens (tertiary/aromatic N) is 1. The van der Waals surface area contributed by atoms with Crippen molar-refractivity contribution >= 4 is 32.3 Å². The molecule has 4 rings (SSSR count). The maximum absolute atomic E-state index is 10.7. The van der Waals surface area contributed by atoms with Crippen molar-refractivity contribution in [2.75, 3.05) is 13.2 Å². The fourth-order valence-corrected chi connectivity index (χ4v) is 4.51. The summed E-state index contributed by atoms with van der Waals surface area (Å²) >= 11 is 1.64. The van der Waals surface area contributed by atoms with E-state index in [1.165, 1.54) is 5.56 Å². The molecule has 4 aromatic rings. The molecule has 0 fully saturated rings. The SMILES string of the molecule is C[C@@H](CN)c1ccc(-c2c(O)ccc3ncc4sc(CCO)cc4c23)cc1. The van der Waals surface area contributed by atoms with Crippen LogP contribution in [0.5, 0.6) is 5.75 Å². The largest absolute Gasteiger partial charge is 0.507 e. The van der Waals surface area contributed by atoms with Gasteiger partial charge in [-0.1, -0.05) is 31.2 Å². The second kappa shape index (κ2) is 7.27. The third kappa shape index (κ3) is 3.18. The van der Waals surface area contributed by atoms with Crippen LogP contribution in [0.2, 0.25) is 0 Å². The number of aromatic nitrogens is 1. The molecular formula is C22H22N2O2S. The number of phenols is 1. The molecule has 4 N–H and O–H groups in total. The molecule has 0 amide bonds. The summed E-state index contributed by atoms with van der Waals surface area (Å²) in [5, 5.41) is 22.0. The van der Waals surface area contributed by atoms with E-state index in [4.69, 9.17) is 5.73 Å². The highest BCUT2D eigenvalue weighted by atomic mass is 32.1. The van der Waals surface area contributed by atoms with Crippen LogP contribution in [0, 0.1) is 0 Å². The number of hydrogen-bond acceptors (Lipinski definition) is 5. The molecule has 0 spiro atoms. The zero-order valence-electron chi connectivity index (χ0n) is 15.1. The Morgan fingerprint density at radius 2 is 1.93 bits per heavy atom. The molecule has 4 nitrogen and oxygen atoms in total. The highest BCUT2D eigenvalue weighted by Gasteiger charge is 2.15. The summed E-state index contributed by atoms with van der Waals surface area (Å²) in [7, 11) is 0. The Morgan fingerprint density at radius 1 is 1.15 bits per heavy atom. The molecule has 27 heavy (non-hydrogen) atoms. The molecule has 2 aromatic carbocycles. The highest BCUT2D eigenvalue weighted by Crippen LogP contribution is 2.41. The summed E-state index contributed by atoms with van der Waals surface area (Å²) in [6.07, 6.45) is 2.50. The zero-order valence-corrected chi connectivity index (χ0v) is 16.0. The lowest BCUT2D eigenvalue weighted by molar-refractivity contribution is 0.300. The van der Waals surface area contributed by atoms with Crippen LogP contribution in [0.3, 0.4) is 0 Å². The maximum atomic E-state index is 10.7. The Labute approximate surface area is 161 Å². The Balaban J connectivity index is 1.96. The fraction of sp³-hybridized carbons (Fsp3) is 0.227. The van der Waals surface area contributed by atoms with E-state index in [9.17, 15) is 10.2 Å². The number of aliphatic hydroxyl groups excluding tert-OH is 1. The van der Waals surface area contributed by atoms with E-state index >= 15 is 0 Å². The van der Waals surface area contributed by atoms with E-state index in [2.05, 4.69) is 30.1 Å². The molecule has 2 heterocycles. The minimum absolute atomic E-state index is 0.122. The summed E-state index contributed by atoms with van der Waals surface area (Å²) in [6, 6.07) is 13.9. The molecular weight excluding hydrogens is 356 g/mol. The molecule has 0 aliphatic rings. The Hall–Kier alpha value is -2.47. The Morgan fingerprint density at radius 3 is 2.63 bits per heavy atom. The second-order valence-electron chi connectivity index (χ2n) is 6.84. The van der Waals surface area contributed by atoms with Crippen molar-refractivity contribution in [3.8, 4) is 16.9 Å². The average Bonchev–Trinajstić information content (AvgIpc) is 3.10. The van der Waals surface area contributed by atoms with Crippen LogP contribution in [-0.4, -0.2) is 28.3 Å². The normalized spacial score (nSPS) is 12.7. The molecule has 2 aromatic heterocycles. The minimum atomic E-state index is 0.122. The number of phenolic OH excluding ortho intramolecular Hbond substituents is 1. The number of thiophene rings is 1. The predicted molar refractivity (Wildman–Crippen MR) is 112 cm³/mol. The maximum Gasteiger partial charge on any atom is 0.124 e. The van der Waals surface area contributed by atoms with Crippen molar-refractivity contribution in [1.29, 1.82) is 0 Å². The first-order chi connectivity index (χ1) is 13.1. The number of aliphatic hydroxyl groups is 1. The van der Waals surface area contributed by atoms with Gasteiger partial charge in [0.1, 0.15) is 5.75 Å². The summed E-state index contributed by atoms with van der Waals surface area (Å²) < 4.78 is 1.06. The van der Waals surface area contributed by atoms with Crippen LogP contribution >= 0.6 is 11.3 Å². The zero-order chi connectivity index (χ0) is 19.0. The molecule has 0 saturated heterocycles. The van der Waals surface area contributed by atoms with Crippen LogP contribution in [0.1, 0.15) is 23.3 Å². The van der Waals surface area contributed by atoms with Crippen LogP contribution in [0.4, 0.5) is 0 Å². The first-order valence-corrected chi connectivity index (χ1v) is 9.88. The van der Waals surface area contributed by atoms with Gasteiger partial charge < -0.3 is 15.9 Å². The molecule has 0 bridgehead atoms. The van der Waals surface area contributed by atoms with Gasteiger partial charge in [0.05, 0.1) is 10.2 Å². The highest BCUT2D eigenvalue weighted by molar-refractivity contribution is 7.19. The van der Waals surface area contributed by atoms with Crippen LogP contribution < -0.4 is 5.73 Å². The van der Waals surface area contributed by atoms with Crippen molar-refractivity contribution in [2.24, 2.45) is 5.73 Å². The summed E-state index contributed by atoms with van der Waals surface area (Å²) in [6.45, 7) is 2.83. The van der Waals surface area contributed by atoms with Gasteiger partial charge in [-0.05, 0) is 41.8 Å². The standard InChI is InChI=1S/C22H22N2O2S/c1-13(11-23)14-2-4-15(5-3-14)21-19(26)7-6-18-22(21)17-10-16(8-9-25)27-20(17)12-24-18/h2-7,10,12-13,25-26H,8-9,11,23H2,1H3/t13-/m0/s1. The first-order valence-electron chi connectivity index (χ1n) is 9.06. The molecule has 0 aliphatic carbocycles. The van der Waals surface area contributed by atoms with Gasteiger partial charge >= 0.3 is 0 Å². The van der Waals surface area contributed by atoms with Crippen molar-refractivity contribution in [1.82, 2.24) is 4.98 Å². The molecule has 5 heteroatoms. The number of hydrogen-bond donors (Lipinski definition) is 3. The monoisotopic (exact) mass is 378 g/mol. The lowest BCUT2D eigenvalue weighted by Crippen LogP contribution is -2.08. The van der Waals surface area contributed by atoms with Gasteiger partial charge in [0.2, 0.25) is 0 Å². The number of nitrogens with two attached hydrogens (primary N) is 1. The van der Waals surface area contributed by atoms with Gasteiger partial charge in [-0.2, -0.15) is 0 Å². The van der Waals surface area contributed by atoms with Crippen molar-refractivity contribution in [2.45, 2.75) is 19.3 Å². The summed E-state index contributed by atoms with van der Waals surface area (Å²) in [5.41, 5.74) is 9.56. The van der Waals surface area contributed by atoms with Crippen molar-refractivity contribution in [3.05, 3.63) is 59.1 Å². The molecule has 0 saturated carbocycles. The van der Waals surface area contributed by atoms with Gasteiger partial charge in [-0.3, -0.25) is 4.98 Å². The second-order valence-corrected chi connectivity index (χ2v) is 8.00. The summed E-state index contributed by atoms with van der Waals surface area (Å²) in [5.74, 6) is 0.540. The Kier molecular flexibility index (Phi) is 4.83. The average molecular weight is 378 g/mol. The number of aromatic hydroxyl groups is 1. The van der Waals surface area contributed by atoms with E-state index < -0.39 is 0 Å². The van der Waals surface area contributed by atoms with Gasteiger partial charge in [-0.15, -0.1) is 11.3 Å². The third-order valence-electron chi connectivity index (χ3n) is 5.04. The van der Waals surface area contributed by atoms with E-state index in [1.54, 1.807) is 17.4 Å². The van der Waals surface area contributed by atoms with Gasteiger partial charge in [-0.25, -0.2) is 0 Å². The fourth-order valence-electron chi connectivity index (χ4n) is 3.48. The Bertz CT molecular complexity index is 1100. The molecule has 0 radical (unpaired) electrons. The number of rotatable bonds is 5. The van der Waals surface area contributed by atoms with Gasteiger partial charge in [0.15, 0.2) is 0 Å². The smallest absolute Gasteiger partial charge is 0.124 e. The van der Waals surface area contributed by atoms with Crippen LogP contribution in [0.15, 0.2) is 48.7 Å². The molecule has 138 valence electrons. The van der Waals surface area contributed by atoms with Crippen molar-refractivity contribution in [3.63, 3.8) is 0 Å². The van der Waals surface area contributed by atoms with Crippen molar-refractivity contribution < 1.29 is 10.2 Å². The summed E-state index contributed by atoms with van der Waals surface area (Å²) in [4.78, 5) is 5.70. The minimum Gasteiger partial charge on any atom is -0.507 e. The van der Waals surface area contributed by atoms with E-state index in [1.807, 2.05) is 24.4 Å². The molecule has 0 aliphatic heterocycles. The van der Waals surface area contributed by atoms with Gasteiger partial charge in [0, 0.05) is 40.4 Å². The van der Waals surface area contributed by atoms with Crippen LogP contribution in [0.25, 0.3) is 32.1 Å². The predicted octanol–water partition coefficient (Wildman–Crippen LogP) is 4.42. The molecule has 0 unspecified atom stereocenters. The van der Waals surface area contributed by atoms with E-state index in [-0.39, 0.29) is 12.4 Å². The number of pyridine rings is 1.